The number of nitrogens with one attached hydrogen (secondary N) is 1. The maximum Gasteiger partial charge on any atom is 0.199 e. The molecule has 3 aromatic rings. The summed E-state index contributed by atoms with van der Waals surface area (Å²) in [5, 5.41) is 7.61. The lowest BCUT2D eigenvalue weighted by Gasteiger charge is -2.09. The molecule has 0 atom stereocenters. The molecule has 112 valence electrons. The highest BCUT2D eigenvalue weighted by Gasteiger charge is 2.10. The fourth-order valence-electron chi connectivity index (χ4n) is 2.09. The summed E-state index contributed by atoms with van der Waals surface area (Å²) in [6, 6.07) is 15.4. The van der Waals surface area contributed by atoms with E-state index < -0.39 is 0 Å². The predicted octanol–water partition coefficient (Wildman–Crippen LogP) is 4.47. The number of aromatic amines is 1. The number of para-hydroxylation sites is 1. The van der Waals surface area contributed by atoms with Gasteiger partial charge in [0.15, 0.2) is 10.6 Å². The molecule has 0 unspecified atom stereocenters. The van der Waals surface area contributed by atoms with Crippen LogP contribution in [0.5, 0.6) is 5.75 Å². The van der Waals surface area contributed by atoms with Crippen molar-refractivity contribution < 1.29 is 4.74 Å². The van der Waals surface area contributed by atoms with Gasteiger partial charge in [-0.15, -0.1) is 0 Å². The third-order valence-electron chi connectivity index (χ3n) is 3.23. The second-order valence-electron chi connectivity index (χ2n) is 4.84. The summed E-state index contributed by atoms with van der Waals surface area (Å²) in [5.41, 5.74) is 2.13. The summed E-state index contributed by atoms with van der Waals surface area (Å²) in [6.07, 6.45) is 0. The van der Waals surface area contributed by atoms with Crippen LogP contribution >= 0.6 is 23.8 Å². The lowest BCUT2D eigenvalue weighted by atomic mass is 10.2. The molecule has 3 rings (SSSR count). The van der Waals surface area contributed by atoms with E-state index in [0.29, 0.717) is 21.4 Å². The molecule has 0 fully saturated rings. The molecule has 22 heavy (non-hydrogen) atoms. The Morgan fingerprint density at radius 2 is 1.91 bits per heavy atom. The Morgan fingerprint density at radius 3 is 2.64 bits per heavy atom. The van der Waals surface area contributed by atoms with E-state index in [1.54, 1.807) is 6.07 Å². The normalized spacial score (nSPS) is 10.6. The van der Waals surface area contributed by atoms with E-state index in [1.807, 2.05) is 54.0 Å². The highest BCUT2D eigenvalue weighted by molar-refractivity contribution is 7.71. The first-order valence-electron chi connectivity index (χ1n) is 6.76. The van der Waals surface area contributed by atoms with Crippen LogP contribution in [0, 0.1) is 11.7 Å². The van der Waals surface area contributed by atoms with Crippen molar-refractivity contribution >= 4 is 23.8 Å². The Labute approximate surface area is 138 Å². The van der Waals surface area contributed by atoms with Crippen LogP contribution in [0.2, 0.25) is 5.02 Å². The molecule has 1 N–H and O–H groups in total. The zero-order valence-electron chi connectivity index (χ0n) is 11.9. The second kappa shape index (κ2) is 6.34. The molecule has 6 heteroatoms. The maximum atomic E-state index is 6.09. The lowest BCUT2D eigenvalue weighted by Crippen LogP contribution is -2.06. The van der Waals surface area contributed by atoms with Crippen LogP contribution in [-0.2, 0) is 6.61 Å². The van der Waals surface area contributed by atoms with Crippen molar-refractivity contribution in [3.05, 3.63) is 69.7 Å². The summed E-state index contributed by atoms with van der Waals surface area (Å²) >= 11 is 11.4. The van der Waals surface area contributed by atoms with E-state index in [-0.39, 0.29) is 6.61 Å². The number of aryl methyl sites for hydroxylation is 1. The first-order chi connectivity index (χ1) is 10.6. The van der Waals surface area contributed by atoms with Gasteiger partial charge in [0, 0.05) is 5.69 Å². The van der Waals surface area contributed by atoms with E-state index in [4.69, 9.17) is 28.6 Å². The van der Waals surface area contributed by atoms with E-state index >= 15 is 0 Å². The van der Waals surface area contributed by atoms with Crippen LogP contribution in [-0.4, -0.2) is 14.8 Å². The Hall–Kier alpha value is -2.11. The van der Waals surface area contributed by atoms with Gasteiger partial charge in [0.05, 0.1) is 5.02 Å². The van der Waals surface area contributed by atoms with Crippen molar-refractivity contribution in [2.75, 3.05) is 0 Å². The molecule has 0 radical (unpaired) electrons. The van der Waals surface area contributed by atoms with Crippen LogP contribution in [0.25, 0.3) is 5.69 Å². The molecular weight excluding hydrogens is 318 g/mol. The summed E-state index contributed by atoms with van der Waals surface area (Å²) in [7, 11) is 0. The molecule has 1 heterocycles. The first-order valence-corrected chi connectivity index (χ1v) is 7.54. The van der Waals surface area contributed by atoms with Gasteiger partial charge in [0.1, 0.15) is 12.4 Å². The standard InChI is InChI=1S/C16H14ClN3OS/c1-11-6-8-12(9-7-11)20-15(18-19-16(20)22)10-21-14-5-3-2-4-13(14)17/h2-9H,10H2,1H3,(H,19,22). The van der Waals surface area contributed by atoms with E-state index in [9.17, 15) is 0 Å². The van der Waals surface area contributed by atoms with Gasteiger partial charge < -0.3 is 4.74 Å². The second-order valence-corrected chi connectivity index (χ2v) is 5.63. The number of hydrogen-bond acceptors (Lipinski definition) is 3. The van der Waals surface area contributed by atoms with Gasteiger partial charge in [-0.2, -0.15) is 5.10 Å². The molecule has 0 amide bonds. The minimum atomic E-state index is 0.269. The van der Waals surface area contributed by atoms with Crippen LogP contribution in [0.1, 0.15) is 11.4 Å². The third kappa shape index (κ3) is 3.05. The molecule has 0 bridgehead atoms. The molecule has 0 saturated heterocycles. The number of H-pyrrole nitrogens is 1. The van der Waals surface area contributed by atoms with Crippen LogP contribution < -0.4 is 4.74 Å². The lowest BCUT2D eigenvalue weighted by molar-refractivity contribution is 0.293. The van der Waals surface area contributed by atoms with Crippen LogP contribution in [0.3, 0.4) is 0 Å². The van der Waals surface area contributed by atoms with Crippen LogP contribution in [0.4, 0.5) is 0 Å². The fraction of sp³-hybridized carbons (Fsp3) is 0.125. The number of nitrogens with zero attached hydrogens (tertiary/aromatic N) is 2. The van der Waals surface area contributed by atoms with Crippen molar-refractivity contribution in [2.45, 2.75) is 13.5 Å². The quantitative estimate of drug-likeness (QED) is 0.717. The molecule has 0 saturated carbocycles. The molecule has 4 nitrogen and oxygen atoms in total. The number of rotatable bonds is 4. The highest BCUT2D eigenvalue weighted by Crippen LogP contribution is 2.24. The van der Waals surface area contributed by atoms with E-state index in [1.165, 1.54) is 5.56 Å². The zero-order chi connectivity index (χ0) is 15.5. The smallest absolute Gasteiger partial charge is 0.199 e. The van der Waals surface area contributed by atoms with Crippen molar-refractivity contribution in [1.82, 2.24) is 14.8 Å². The average molecular weight is 332 g/mol. The van der Waals surface area contributed by atoms with Gasteiger partial charge in [-0.3, -0.25) is 9.67 Å². The number of halogens is 1. The van der Waals surface area contributed by atoms with Crippen molar-refractivity contribution in [3.63, 3.8) is 0 Å². The molecule has 0 aliphatic heterocycles. The molecule has 0 aliphatic carbocycles. The Bertz CT molecular complexity index is 839. The maximum absolute atomic E-state index is 6.09. The number of ether oxygens (including phenoxy) is 1. The number of hydrogen-bond donors (Lipinski definition) is 1. The molecule has 1 aromatic heterocycles. The number of aromatic nitrogens is 3. The first kappa shape index (κ1) is 14.8. The van der Waals surface area contributed by atoms with Gasteiger partial charge in [-0.1, -0.05) is 41.4 Å². The number of benzene rings is 2. The molecular formula is C16H14ClN3OS. The molecule has 0 aliphatic rings. The van der Waals surface area contributed by atoms with E-state index in [2.05, 4.69) is 10.2 Å². The van der Waals surface area contributed by atoms with Gasteiger partial charge in [-0.05, 0) is 43.4 Å². The van der Waals surface area contributed by atoms with Gasteiger partial charge in [0.2, 0.25) is 0 Å². The van der Waals surface area contributed by atoms with Crippen molar-refractivity contribution in [2.24, 2.45) is 0 Å². The average Bonchev–Trinajstić information content (AvgIpc) is 2.88. The van der Waals surface area contributed by atoms with Crippen molar-refractivity contribution in [3.8, 4) is 11.4 Å². The third-order valence-corrected chi connectivity index (χ3v) is 3.81. The Balaban J connectivity index is 1.88. The van der Waals surface area contributed by atoms with Crippen molar-refractivity contribution in [1.29, 1.82) is 0 Å². The zero-order valence-corrected chi connectivity index (χ0v) is 13.5. The Morgan fingerprint density at radius 1 is 1.18 bits per heavy atom. The highest BCUT2D eigenvalue weighted by atomic mass is 35.5. The summed E-state index contributed by atoms with van der Waals surface area (Å²) in [6.45, 7) is 2.31. The monoisotopic (exact) mass is 331 g/mol. The van der Waals surface area contributed by atoms with Gasteiger partial charge in [-0.25, -0.2) is 0 Å². The summed E-state index contributed by atoms with van der Waals surface area (Å²) in [4.78, 5) is 0. The van der Waals surface area contributed by atoms with E-state index in [0.717, 1.165) is 5.69 Å². The minimum absolute atomic E-state index is 0.269. The fourth-order valence-corrected chi connectivity index (χ4v) is 2.54. The van der Waals surface area contributed by atoms with Gasteiger partial charge in [0.25, 0.3) is 0 Å². The van der Waals surface area contributed by atoms with Gasteiger partial charge >= 0.3 is 0 Å². The predicted molar refractivity (Wildman–Crippen MR) is 89.3 cm³/mol. The van der Waals surface area contributed by atoms with Crippen LogP contribution in [0.15, 0.2) is 48.5 Å². The molecule has 2 aromatic carbocycles. The summed E-state index contributed by atoms with van der Waals surface area (Å²) in [5.74, 6) is 1.31. The molecule has 0 spiro atoms. The summed E-state index contributed by atoms with van der Waals surface area (Å²) < 4.78 is 8.12. The topological polar surface area (TPSA) is 42.8 Å². The SMILES string of the molecule is Cc1ccc(-n2c(COc3ccccc3Cl)n[nH]c2=S)cc1. The minimum Gasteiger partial charge on any atom is -0.484 e. The largest absolute Gasteiger partial charge is 0.484 e. The Kier molecular flexibility index (Phi) is 4.27.